The molecule has 0 unspecified atom stereocenters. The van der Waals surface area contributed by atoms with Crippen LogP contribution in [0.3, 0.4) is 0 Å². The van der Waals surface area contributed by atoms with Crippen molar-refractivity contribution in [3.63, 3.8) is 0 Å². The van der Waals surface area contributed by atoms with Crippen LogP contribution in [0.5, 0.6) is 5.75 Å². The number of thiophene rings is 1. The molecule has 1 aliphatic rings. The lowest BCUT2D eigenvalue weighted by atomic mass is 9.95. The van der Waals surface area contributed by atoms with Crippen LogP contribution in [0.2, 0.25) is 0 Å². The SMILES string of the molecule is CCOC(=O)c1c(/N=c2\cc(-c3ccccc3)oc3ccc(OC)cc23)sc2c1CCCC2. The van der Waals surface area contributed by atoms with Crippen molar-refractivity contribution in [3.8, 4) is 17.1 Å². The van der Waals surface area contributed by atoms with Crippen LogP contribution in [0.1, 0.15) is 40.6 Å². The molecule has 4 aromatic rings. The number of ether oxygens (including phenoxy) is 2. The maximum absolute atomic E-state index is 12.9. The van der Waals surface area contributed by atoms with Crippen molar-refractivity contribution in [2.75, 3.05) is 13.7 Å². The molecule has 2 aromatic heterocycles. The van der Waals surface area contributed by atoms with Gasteiger partial charge in [0.15, 0.2) is 0 Å². The fourth-order valence-electron chi connectivity index (χ4n) is 4.27. The first-order valence-electron chi connectivity index (χ1n) is 11.2. The van der Waals surface area contributed by atoms with Crippen molar-refractivity contribution in [2.24, 2.45) is 4.99 Å². The normalized spacial score (nSPS) is 13.7. The Labute approximate surface area is 196 Å². The molecule has 0 aliphatic heterocycles. The van der Waals surface area contributed by atoms with E-state index in [0.29, 0.717) is 28.5 Å². The molecule has 2 heterocycles. The van der Waals surface area contributed by atoms with Gasteiger partial charge in [-0.25, -0.2) is 9.79 Å². The standard InChI is InChI=1S/C27H25NO4S/c1-3-31-27(29)25-19-11-7-8-12-24(19)33-26(25)28-21-16-23(17-9-5-4-6-10-17)32-22-14-13-18(30-2)15-20(21)22/h4-6,9-10,13-16H,3,7-8,11-12H2,1-2H3/b28-21+. The third kappa shape index (κ3) is 4.18. The summed E-state index contributed by atoms with van der Waals surface area (Å²) in [6.07, 6.45) is 4.09. The van der Waals surface area contributed by atoms with Gasteiger partial charge >= 0.3 is 5.97 Å². The van der Waals surface area contributed by atoms with E-state index in [-0.39, 0.29) is 5.97 Å². The summed E-state index contributed by atoms with van der Waals surface area (Å²) in [5, 5.41) is 2.27. The first-order valence-corrected chi connectivity index (χ1v) is 12.0. The number of methoxy groups -OCH3 is 1. The van der Waals surface area contributed by atoms with E-state index in [0.717, 1.165) is 53.3 Å². The average molecular weight is 460 g/mol. The summed E-state index contributed by atoms with van der Waals surface area (Å²) >= 11 is 1.60. The summed E-state index contributed by atoms with van der Waals surface area (Å²) in [5.74, 6) is 1.14. The number of benzene rings is 2. The van der Waals surface area contributed by atoms with E-state index in [9.17, 15) is 4.79 Å². The topological polar surface area (TPSA) is 61.0 Å². The number of nitrogens with zero attached hydrogens (tertiary/aromatic N) is 1. The van der Waals surface area contributed by atoms with Gasteiger partial charge in [-0.2, -0.15) is 0 Å². The second-order valence-corrected chi connectivity index (χ2v) is 9.03. The molecule has 5 nitrogen and oxygen atoms in total. The number of carbonyl (C=O) groups excluding carboxylic acids is 1. The van der Waals surface area contributed by atoms with Gasteiger partial charge in [0, 0.05) is 21.9 Å². The van der Waals surface area contributed by atoms with Crippen LogP contribution in [-0.2, 0) is 17.6 Å². The number of fused-ring (bicyclic) bond motifs is 2. The number of aryl methyl sites for hydroxylation is 1. The molecule has 0 saturated heterocycles. The van der Waals surface area contributed by atoms with E-state index in [2.05, 4.69) is 0 Å². The van der Waals surface area contributed by atoms with Crippen LogP contribution in [0.4, 0.5) is 5.00 Å². The van der Waals surface area contributed by atoms with Crippen molar-refractivity contribution >= 4 is 33.3 Å². The molecule has 0 radical (unpaired) electrons. The number of esters is 1. The second-order valence-electron chi connectivity index (χ2n) is 7.95. The third-order valence-corrected chi connectivity index (χ3v) is 7.05. The molecule has 0 amide bonds. The molecule has 6 heteroatoms. The van der Waals surface area contributed by atoms with E-state index in [1.807, 2.05) is 61.5 Å². The van der Waals surface area contributed by atoms with Crippen molar-refractivity contribution < 1.29 is 18.7 Å². The van der Waals surface area contributed by atoms with Crippen LogP contribution >= 0.6 is 11.3 Å². The Bertz CT molecular complexity index is 1380. The Morgan fingerprint density at radius 1 is 1.09 bits per heavy atom. The quantitative estimate of drug-likeness (QED) is 0.322. The number of hydrogen-bond acceptors (Lipinski definition) is 6. The Balaban J connectivity index is 1.78. The third-order valence-electron chi connectivity index (χ3n) is 5.86. The number of carbonyl (C=O) groups is 1. The Kier molecular flexibility index (Phi) is 6.01. The molecule has 0 atom stereocenters. The lowest BCUT2D eigenvalue weighted by Gasteiger charge is -2.11. The minimum absolute atomic E-state index is 0.290. The Morgan fingerprint density at radius 2 is 1.91 bits per heavy atom. The van der Waals surface area contributed by atoms with Gasteiger partial charge in [-0.15, -0.1) is 11.3 Å². The zero-order valence-electron chi connectivity index (χ0n) is 18.7. The summed E-state index contributed by atoms with van der Waals surface area (Å²) in [5.41, 5.74) is 3.39. The van der Waals surface area contributed by atoms with E-state index < -0.39 is 0 Å². The van der Waals surface area contributed by atoms with E-state index in [4.69, 9.17) is 18.9 Å². The molecule has 1 aliphatic carbocycles. The summed E-state index contributed by atoms with van der Waals surface area (Å²) in [4.78, 5) is 19.2. The molecule has 0 fully saturated rings. The minimum atomic E-state index is -0.290. The van der Waals surface area contributed by atoms with Gasteiger partial charge in [-0.3, -0.25) is 0 Å². The lowest BCUT2D eigenvalue weighted by Crippen LogP contribution is -2.10. The van der Waals surface area contributed by atoms with Gasteiger partial charge in [-0.05, 0) is 56.4 Å². The molecule has 2 aromatic carbocycles. The molecule has 33 heavy (non-hydrogen) atoms. The monoisotopic (exact) mass is 459 g/mol. The van der Waals surface area contributed by atoms with Gasteiger partial charge in [0.25, 0.3) is 0 Å². The second kappa shape index (κ2) is 9.24. The van der Waals surface area contributed by atoms with Crippen molar-refractivity contribution in [1.29, 1.82) is 0 Å². The summed E-state index contributed by atoms with van der Waals surface area (Å²) < 4.78 is 17.1. The molecule has 0 saturated carbocycles. The molecular formula is C27H25NO4S. The van der Waals surface area contributed by atoms with Gasteiger partial charge in [0.2, 0.25) is 0 Å². The Hall–Kier alpha value is -3.38. The highest BCUT2D eigenvalue weighted by Gasteiger charge is 2.26. The van der Waals surface area contributed by atoms with Crippen LogP contribution in [0.15, 0.2) is 64.0 Å². The summed E-state index contributed by atoms with van der Waals surface area (Å²) in [7, 11) is 1.64. The van der Waals surface area contributed by atoms with E-state index in [1.165, 1.54) is 4.88 Å². The molecular weight excluding hydrogens is 434 g/mol. The average Bonchev–Trinajstić information content (AvgIpc) is 3.22. The minimum Gasteiger partial charge on any atom is -0.497 e. The van der Waals surface area contributed by atoms with Gasteiger partial charge in [0.05, 0.1) is 24.6 Å². The van der Waals surface area contributed by atoms with Crippen molar-refractivity contribution in [2.45, 2.75) is 32.6 Å². The maximum atomic E-state index is 12.9. The fourth-order valence-corrected chi connectivity index (χ4v) is 5.53. The molecule has 0 spiro atoms. The number of rotatable bonds is 5. The van der Waals surface area contributed by atoms with Crippen LogP contribution in [0.25, 0.3) is 22.3 Å². The van der Waals surface area contributed by atoms with Crippen LogP contribution in [0, 0.1) is 0 Å². The maximum Gasteiger partial charge on any atom is 0.341 e. The van der Waals surface area contributed by atoms with Crippen LogP contribution < -0.4 is 10.1 Å². The highest BCUT2D eigenvalue weighted by atomic mass is 32.1. The number of hydrogen-bond donors (Lipinski definition) is 0. The van der Waals surface area contributed by atoms with E-state index >= 15 is 0 Å². The molecule has 0 N–H and O–H groups in total. The molecule has 5 rings (SSSR count). The highest BCUT2D eigenvalue weighted by Crippen LogP contribution is 2.40. The summed E-state index contributed by atoms with van der Waals surface area (Å²) in [6, 6.07) is 17.6. The first kappa shape index (κ1) is 21.5. The molecule has 168 valence electrons. The zero-order valence-corrected chi connectivity index (χ0v) is 19.5. The van der Waals surface area contributed by atoms with E-state index in [1.54, 1.807) is 18.4 Å². The highest BCUT2D eigenvalue weighted by molar-refractivity contribution is 7.16. The predicted octanol–water partition coefficient (Wildman–Crippen LogP) is 6.46. The lowest BCUT2D eigenvalue weighted by molar-refractivity contribution is 0.0526. The van der Waals surface area contributed by atoms with Gasteiger partial charge < -0.3 is 13.9 Å². The Morgan fingerprint density at radius 3 is 2.70 bits per heavy atom. The molecule has 0 bridgehead atoms. The zero-order chi connectivity index (χ0) is 22.8. The van der Waals surface area contributed by atoms with Gasteiger partial charge in [0.1, 0.15) is 22.1 Å². The van der Waals surface area contributed by atoms with Crippen molar-refractivity contribution in [1.82, 2.24) is 0 Å². The van der Waals surface area contributed by atoms with Crippen LogP contribution in [-0.4, -0.2) is 19.7 Å². The smallest absolute Gasteiger partial charge is 0.341 e. The first-order chi connectivity index (χ1) is 16.2. The van der Waals surface area contributed by atoms with Gasteiger partial charge in [-0.1, -0.05) is 30.3 Å². The predicted molar refractivity (Wildman–Crippen MR) is 130 cm³/mol. The fraction of sp³-hybridized carbons (Fsp3) is 0.259. The van der Waals surface area contributed by atoms with Crippen molar-refractivity contribution in [3.05, 3.63) is 76.0 Å². The summed E-state index contributed by atoms with van der Waals surface area (Å²) in [6.45, 7) is 2.17. The largest absolute Gasteiger partial charge is 0.497 e.